The maximum atomic E-state index is 12.7. The molecule has 1 amide bonds. The molecule has 3 heterocycles. The predicted molar refractivity (Wildman–Crippen MR) is 107 cm³/mol. The minimum Gasteiger partial charge on any atom is -0.497 e. The first-order valence-electron chi connectivity index (χ1n) is 8.41. The van der Waals surface area contributed by atoms with Crippen molar-refractivity contribution in [3.05, 3.63) is 52.2 Å². The van der Waals surface area contributed by atoms with Crippen molar-refractivity contribution in [2.24, 2.45) is 0 Å². The molecule has 7 heteroatoms. The van der Waals surface area contributed by atoms with E-state index in [0.717, 1.165) is 35.1 Å². The lowest BCUT2D eigenvalue weighted by molar-refractivity contribution is 0.0742. The third kappa shape index (κ3) is 3.45. The van der Waals surface area contributed by atoms with Gasteiger partial charge in [0.25, 0.3) is 5.91 Å². The normalized spacial score (nSPS) is 14.5. The number of ether oxygens (including phenoxy) is 1. The van der Waals surface area contributed by atoms with E-state index in [1.807, 2.05) is 33.9 Å². The summed E-state index contributed by atoms with van der Waals surface area (Å²) in [5, 5.41) is 6.86. The Bertz CT molecular complexity index is 867. The van der Waals surface area contributed by atoms with E-state index in [0.29, 0.717) is 18.8 Å². The Morgan fingerprint density at radius 2 is 1.85 bits per heavy atom. The van der Waals surface area contributed by atoms with E-state index >= 15 is 0 Å². The number of piperazine rings is 1. The van der Waals surface area contributed by atoms with Crippen LogP contribution in [0.3, 0.4) is 0 Å². The number of nitrogens with zero attached hydrogens (tertiary/aromatic N) is 3. The first kappa shape index (κ1) is 17.1. The fourth-order valence-corrected chi connectivity index (χ4v) is 4.52. The Morgan fingerprint density at radius 3 is 2.50 bits per heavy atom. The second-order valence-corrected chi connectivity index (χ2v) is 7.67. The number of hydrogen-bond acceptors (Lipinski definition) is 6. The highest BCUT2D eigenvalue weighted by Crippen LogP contribution is 2.26. The molecule has 0 aliphatic carbocycles. The van der Waals surface area contributed by atoms with Crippen LogP contribution in [0.25, 0.3) is 10.6 Å². The zero-order valence-electron chi connectivity index (χ0n) is 14.4. The van der Waals surface area contributed by atoms with Gasteiger partial charge in [-0.15, -0.1) is 11.3 Å². The number of amides is 1. The molecule has 5 nitrogen and oxygen atoms in total. The average molecular weight is 386 g/mol. The first-order valence-corrected chi connectivity index (χ1v) is 10.2. The molecule has 0 unspecified atom stereocenters. The van der Waals surface area contributed by atoms with Gasteiger partial charge in [-0.2, -0.15) is 11.3 Å². The predicted octanol–water partition coefficient (Wildman–Crippen LogP) is 3.84. The number of thiophene rings is 1. The molecule has 26 heavy (non-hydrogen) atoms. The summed E-state index contributed by atoms with van der Waals surface area (Å²) in [7, 11) is 1.67. The molecule has 0 saturated carbocycles. The van der Waals surface area contributed by atoms with E-state index in [4.69, 9.17) is 4.74 Å². The molecule has 1 fully saturated rings. The first-order chi connectivity index (χ1) is 12.7. The molecule has 0 N–H and O–H groups in total. The number of anilines is 1. The molecule has 0 bridgehead atoms. The third-order valence-corrected chi connectivity index (χ3v) is 6.07. The zero-order chi connectivity index (χ0) is 17.9. The standard InChI is InChI=1S/C19H19N3O2S2/c1-24-16-4-2-15(3-5-16)21-7-9-22(10-8-21)19(23)17-13-26-18(20-17)14-6-11-25-12-14/h2-6,11-13H,7-10H2,1H3. The Morgan fingerprint density at radius 1 is 1.08 bits per heavy atom. The van der Waals surface area contributed by atoms with Gasteiger partial charge in [-0.3, -0.25) is 4.79 Å². The number of carbonyl (C=O) groups excluding carboxylic acids is 1. The van der Waals surface area contributed by atoms with Gasteiger partial charge in [-0.1, -0.05) is 0 Å². The van der Waals surface area contributed by atoms with E-state index in [1.165, 1.54) is 11.3 Å². The molecule has 2 aromatic heterocycles. The summed E-state index contributed by atoms with van der Waals surface area (Å²) >= 11 is 3.16. The largest absolute Gasteiger partial charge is 0.497 e. The summed E-state index contributed by atoms with van der Waals surface area (Å²) in [4.78, 5) is 21.5. The fraction of sp³-hybridized carbons (Fsp3) is 0.263. The number of methoxy groups -OCH3 is 1. The van der Waals surface area contributed by atoms with Crippen molar-refractivity contribution in [3.63, 3.8) is 0 Å². The van der Waals surface area contributed by atoms with Crippen molar-refractivity contribution in [2.75, 3.05) is 38.2 Å². The second-order valence-electron chi connectivity index (χ2n) is 6.03. The fourth-order valence-electron chi connectivity index (χ4n) is 3.01. The molecule has 1 saturated heterocycles. The van der Waals surface area contributed by atoms with Crippen molar-refractivity contribution >= 4 is 34.3 Å². The molecule has 0 spiro atoms. The van der Waals surface area contributed by atoms with Gasteiger partial charge in [-0.25, -0.2) is 4.98 Å². The van der Waals surface area contributed by atoms with Gasteiger partial charge in [-0.05, 0) is 35.7 Å². The highest BCUT2D eigenvalue weighted by atomic mass is 32.1. The van der Waals surface area contributed by atoms with Crippen LogP contribution in [-0.2, 0) is 0 Å². The van der Waals surface area contributed by atoms with Crippen molar-refractivity contribution in [1.82, 2.24) is 9.88 Å². The van der Waals surface area contributed by atoms with Crippen LogP contribution in [0.5, 0.6) is 5.75 Å². The number of aromatic nitrogens is 1. The monoisotopic (exact) mass is 385 g/mol. The SMILES string of the molecule is COc1ccc(N2CCN(C(=O)c3csc(-c4ccsc4)n3)CC2)cc1. The Labute approximate surface area is 160 Å². The second kappa shape index (κ2) is 7.47. The van der Waals surface area contributed by atoms with Crippen molar-refractivity contribution in [1.29, 1.82) is 0 Å². The minimum absolute atomic E-state index is 0.0251. The van der Waals surface area contributed by atoms with E-state index < -0.39 is 0 Å². The molecule has 4 rings (SSSR count). The molecule has 3 aromatic rings. The maximum Gasteiger partial charge on any atom is 0.273 e. The van der Waals surface area contributed by atoms with E-state index in [2.05, 4.69) is 27.4 Å². The summed E-state index contributed by atoms with van der Waals surface area (Å²) in [6, 6.07) is 10.1. The lowest BCUT2D eigenvalue weighted by atomic mass is 10.2. The lowest BCUT2D eigenvalue weighted by Crippen LogP contribution is -2.48. The van der Waals surface area contributed by atoms with Gasteiger partial charge in [0.05, 0.1) is 7.11 Å². The van der Waals surface area contributed by atoms with Crippen molar-refractivity contribution < 1.29 is 9.53 Å². The van der Waals surface area contributed by atoms with Gasteiger partial charge in [0.15, 0.2) is 0 Å². The highest BCUT2D eigenvalue weighted by molar-refractivity contribution is 7.14. The Hall–Kier alpha value is -2.38. The van der Waals surface area contributed by atoms with Gasteiger partial charge in [0.1, 0.15) is 16.5 Å². The number of rotatable bonds is 4. The zero-order valence-corrected chi connectivity index (χ0v) is 16.1. The minimum atomic E-state index is 0.0251. The van der Waals surface area contributed by atoms with Crippen LogP contribution in [0, 0.1) is 0 Å². The maximum absolute atomic E-state index is 12.7. The van der Waals surface area contributed by atoms with Crippen LogP contribution in [0.15, 0.2) is 46.5 Å². The lowest BCUT2D eigenvalue weighted by Gasteiger charge is -2.35. The molecular formula is C19H19N3O2S2. The number of carbonyl (C=O) groups is 1. The van der Waals surface area contributed by atoms with Crippen LogP contribution in [0.4, 0.5) is 5.69 Å². The topological polar surface area (TPSA) is 45.7 Å². The Kier molecular flexibility index (Phi) is 4.90. The molecule has 1 aromatic carbocycles. The summed E-state index contributed by atoms with van der Waals surface area (Å²) in [6.07, 6.45) is 0. The van der Waals surface area contributed by atoms with Crippen LogP contribution in [-0.4, -0.2) is 49.1 Å². The summed E-state index contributed by atoms with van der Waals surface area (Å²) in [5.41, 5.74) is 2.80. The number of thiazole rings is 1. The Balaban J connectivity index is 1.39. The van der Waals surface area contributed by atoms with Crippen LogP contribution < -0.4 is 9.64 Å². The number of benzene rings is 1. The van der Waals surface area contributed by atoms with Gasteiger partial charge >= 0.3 is 0 Å². The summed E-state index contributed by atoms with van der Waals surface area (Å²) in [5.74, 6) is 0.879. The molecule has 0 atom stereocenters. The van der Waals surface area contributed by atoms with E-state index in [1.54, 1.807) is 18.4 Å². The molecule has 134 valence electrons. The quantitative estimate of drug-likeness (QED) is 0.684. The van der Waals surface area contributed by atoms with Crippen LogP contribution in [0.1, 0.15) is 10.5 Å². The molecular weight excluding hydrogens is 366 g/mol. The average Bonchev–Trinajstić information content (AvgIpc) is 3.39. The number of hydrogen-bond donors (Lipinski definition) is 0. The van der Waals surface area contributed by atoms with Gasteiger partial charge in [0.2, 0.25) is 0 Å². The van der Waals surface area contributed by atoms with Crippen molar-refractivity contribution in [3.8, 4) is 16.3 Å². The third-order valence-electron chi connectivity index (χ3n) is 4.50. The molecule has 1 aliphatic rings. The van der Waals surface area contributed by atoms with E-state index in [9.17, 15) is 4.79 Å². The highest BCUT2D eigenvalue weighted by Gasteiger charge is 2.24. The smallest absolute Gasteiger partial charge is 0.273 e. The molecule has 0 radical (unpaired) electrons. The van der Waals surface area contributed by atoms with Crippen molar-refractivity contribution in [2.45, 2.75) is 0 Å². The van der Waals surface area contributed by atoms with Crippen LogP contribution in [0.2, 0.25) is 0 Å². The van der Waals surface area contributed by atoms with Gasteiger partial charge < -0.3 is 14.5 Å². The van der Waals surface area contributed by atoms with E-state index in [-0.39, 0.29) is 5.91 Å². The molecule has 1 aliphatic heterocycles. The van der Waals surface area contributed by atoms with Gasteiger partial charge in [0, 0.05) is 48.2 Å². The van der Waals surface area contributed by atoms with Crippen LogP contribution >= 0.6 is 22.7 Å². The summed E-state index contributed by atoms with van der Waals surface area (Å²) < 4.78 is 5.21. The summed E-state index contributed by atoms with van der Waals surface area (Å²) in [6.45, 7) is 3.05.